The molecule has 2 aliphatic rings. The number of nitro groups is 1. The van der Waals surface area contributed by atoms with Gasteiger partial charge in [0.15, 0.2) is 11.5 Å². The monoisotopic (exact) mass is 279 g/mol. The zero-order valence-electron chi connectivity index (χ0n) is 10.5. The molecule has 0 spiro atoms. The first-order valence-corrected chi connectivity index (χ1v) is 6.27. The van der Waals surface area contributed by atoms with Crippen LogP contribution in [0.15, 0.2) is 12.1 Å². The van der Waals surface area contributed by atoms with Gasteiger partial charge in [-0.1, -0.05) is 0 Å². The lowest BCUT2D eigenvalue weighted by Crippen LogP contribution is -2.35. The van der Waals surface area contributed by atoms with Crippen LogP contribution in [0.4, 0.5) is 11.4 Å². The van der Waals surface area contributed by atoms with E-state index in [1.165, 1.54) is 12.1 Å². The Morgan fingerprint density at radius 2 is 2.15 bits per heavy atom. The van der Waals surface area contributed by atoms with E-state index in [0.29, 0.717) is 11.5 Å². The molecule has 2 N–H and O–H groups in total. The Balaban J connectivity index is 1.87. The molecule has 0 bridgehead atoms. The third kappa shape index (κ3) is 2.25. The van der Waals surface area contributed by atoms with Gasteiger partial charge >= 0.3 is 0 Å². The van der Waals surface area contributed by atoms with Gasteiger partial charge in [-0.25, -0.2) is 0 Å². The van der Waals surface area contributed by atoms with Crippen LogP contribution in [0.1, 0.15) is 12.8 Å². The van der Waals surface area contributed by atoms with Gasteiger partial charge in [-0.3, -0.25) is 14.9 Å². The van der Waals surface area contributed by atoms with Gasteiger partial charge in [0.25, 0.3) is 5.69 Å². The molecule has 8 heteroatoms. The number of hydrogen-bond acceptors (Lipinski definition) is 6. The maximum absolute atomic E-state index is 12.0. The van der Waals surface area contributed by atoms with E-state index in [1.807, 2.05) is 0 Å². The summed E-state index contributed by atoms with van der Waals surface area (Å²) >= 11 is 0. The first kappa shape index (κ1) is 12.7. The number of nitrogens with zero attached hydrogens (tertiary/aromatic N) is 1. The molecule has 0 unspecified atom stereocenters. The molecule has 1 aromatic rings. The molecule has 3 rings (SSSR count). The van der Waals surface area contributed by atoms with Gasteiger partial charge in [-0.15, -0.1) is 0 Å². The van der Waals surface area contributed by atoms with Gasteiger partial charge in [0, 0.05) is 6.07 Å². The van der Waals surface area contributed by atoms with Crippen LogP contribution in [-0.2, 0) is 4.79 Å². The van der Waals surface area contributed by atoms with Gasteiger partial charge < -0.3 is 20.1 Å². The Morgan fingerprint density at radius 3 is 2.80 bits per heavy atom. The molecule has 20 heavy (non-hydrogen) atoms. The standard InChI is InChI=1S/C12H13N3O5/c16-12(7-2-1-3-13-7)14-8-4-10-11(20-6-19-10)5-9(8)15(17)18/h4-5,7,13H,1-3,6H2,(H,14,16)/t7-/m1/s1. The number of benzene rings is 1. The van der Waals surface area contributed by atoms with Crippen molar-refractivity contribution in [3.63, 3.8) is 0 Å². The number of carbonyl (C=O) groups is 1. The third-order valence-corrected chi connectivity index (χ3v) is 3.32. The molecule has 1 amide bonds. The SMILES string of the molecule is O=C(Nc1cc2c(cc1[N+](=O)[O-])OCO2)[C@H]1CCCN1. The van der Waals surface area contributed by atoms with E-state index < -0.39 is 4.92 Å². The van der Waals surface area contributed by atoms with Crippen LogP contribution in [0.2, 0.25) is 0 Å². The van der Waals surface area contributed by atoms with Crippen molar-refractivity contribution in [1.29, 1.82) is 0 Å². The van der Waals surface area contributed by atoms with E-state index >= 15 is 0 Å². The summed E-state index contributed by atoms with van der Waals surface area (Å²) < 4.78 is 10.3. The topological polar surface area (TPSA) is 103 Å². The summed E-state index contributed by atoms with van der Waals surface area (Å²) in [5.74, 6) is 0.434. The van der Waals surface area contributed by atoms with Crippen molar-refractivity contribution in [3.05, 3.63) is 22.2 Å². The van der Waals surface area contributed by atoms with E-state index in [1.54, 1.807) is 0 Å². The fourth-order valence-corrected chi connectivity index (χ4v) is 2.31. The molecule has 1 aromatic carbocycles. The highest BCUT2D eigenvalue weighted by atomic mass is 16.7. The Bertz CT molecular complexity index is 568. The molecular formula is C12H13N3O5. The smallest absolute Gasteiger partial charge is 0.296 e. The number of ether oxygens (including phenoxy) is 2. The number of fused-ring (bicyclic) bond motifs is 1. The quantitative estimate of drug-likeness (QED) is 0.632. The lowest BCUT2D eigenvalue weighted by Gasteiger charge is -2.11. The normalized spacial score (nSPS) is 19.9. The zero-order chi connectivity index (χ0) is 14.1. The summed E-state index contributed by atoms with van der Waals surface area (Å²) in [7, 11) is 0. The summed E-state index contributed by atoms with van der Waals surface area (Å²) in [6, 6.07) is 2.38. The van der Waals surface area contributed by atoms with Gasteiger partial charge in [0.2, 0.25) is 12.7 Å². The number of carbonyl (C=O) groups excluding carboxylic acids is 1. The Labute approximate surface area is 114 Å². The van der Waals surface area contributed by atoms with E-state index in [4.69, 9.17) is 9.47 Å². The molecule has 1 atom stereocenters. The Kier molecular flexibility index (Phi) is 3.15. The number of nitrogens with one attached hydrogen (secondary N) is 2. The maximum Gasteiger partial charge on any atom is 0.296 e. The molecule has 0 aromatic heterocycles. The first-order chi connectivity index (χ1) is 9.65. The zero-order valence-corrected chi connectivity index (χ0v) is 10.5. The van der Waals surface area contributed by atoms with Crippen molar-refractivity contribution in [3.8, 4) is 11.5 Å². The highest BCUT2D eigenvalue weighted by molar-refractivity contribution is 5.97. The fourth-order valence-electron chi connectivity index (χ4n) is 2.31. The summed E-state index contributed by atoms with van der Waals surface area (Å²) in [5.41, 5.74) is -0.0847. The first-order valence-electron chi connectivity index (χ1n) is 6.27. The number of nitro benzene ring substituents is 1. The average Bonchev–Trinajstić information content (AvgIpc) is 3.08. The van der Waals surface area contributed by atoms with E-state index in [2.05, 4.69) is 10.6 Å². The molecule has 1 saturated heterocycles. The van der Waals surface area contributed by atoms with Gasteiger partial charge in [-0.05, 0) is 19.4 Å². The second-order valence-corrected chi connectivity index (χ2v) is 4.62. The average molecular weight is 279 g/mol. The van der Waals surface area contributed by atoms with Gasteiger partial charge in [0.1, 0.15) is 5.69 Å². The van der Waals surface area contributed by atoms with Crippen LogP contribution in [-0.4, -0.2) is 30.2 Å². The highest BCUT2D eigenvalue weighted by Gasteiger charge is 2.27. The summed E-state index contributed by atoms with van der Waals surface area (Å²) in [6.45, 7) is 0.801. The summed E-state index contributed by atoms with van der Waals surface area (Å²) in [4.78, 5) is 22.5. The minimum absolute atomic E-state index is 0.0219. The summed E-state index contributed by atoms with van der Waals surface area (Å²) in [6.07, 6.45) is 1.64. The largest absolute Gasteiger partial charge is 0.454 e. The van der Waals surface area contributed by atoms with Crippen molar-refractivity contribution in [2.75, 3.05) is 18.7 Å². The minimum Gasteiger partial charge on any atom is -0.454 e. The van der Waals surface area contributed by atoms with Crippen molar-refractivity contribution in [1.82, 2.24) is 5.32 Å². The molecule has 2 aliphatic heterocycles. The number of anilines is 1. The molecule has 106 valence electrons. The summed E-state index contributed by atoms with van der Waals surface area (Å²) in [5, 5.41) is 16.7. The molecule has 8 nitrogen and oxygen atoms in total. The van der Waals surface area contributed by atoms with E-state index in [0.717, 1.165) is 19.4 Å². The second kappa shape index (κ2) is 4.97. The van der Waals surface area contributed by atoms with Crippen LogP contribution >= 0.6 is 0 Å². The number of rotatable bonds is 3. The van der Waals surface area contributed by atoms with Crippen molar-refractivity contribution in [2.45, 2.75) is 18.9 Å². The lowest BCUT2D eigenvalue weighted by molar-refractivity contribution is -0.384. The fraction of sp³-hybridized carbons (Fsp3) is 0.417. The van der Waals surface area contributed by atoms with Crippen LogP contribution in [0, 0.1) is 10.1 Å². The predicted molar refractivity (Wildman–Crippen MR) is 68.9 cm³/mol. The molecular weight excluding hydrogens is 266 g/mol. The van der Waals surface area contributed by atoms with E-state index in [-0.39, 0.29) is 30.1 Å². The third-order valence-electron chi connectivity index (χ3n) is 3.32. The van der Waals surface area contributed by atoms with Crippen LogP contribution in [0.25, 0.3) is 0 Å². The lowest BCUT2D eigenvalue weighted by atomic mass is 10.2. The van der Waals surface area contributed by atoms with Crippen molar-refractivity contribution >= 4 is 17.3 Å². The van der Waals surface area contributed by atoms with Gasteiger partial charge in [0.05, 0.1) is 17.0 Å². The molecule has 0 aliphatic carbocycles. The van der Waals surface area contributed by atoms with Gasteiger partial charge in [-0.2, -0.15) is 0 Å². The molecule has 0 radical (unpaired) electrons. The van der Waals surface area contributed by atoms with Crippen LogP contribution in [0.3, 0.4) is 0 Å². The maximum atomic E-state index is 12.0. The van der Waals surface area contributed by atoms with E-state index in [9.17, 15) is 14.9 Å². The molecule has 2 heterocycles. The molecule has 0 saturated carbocycles. The highest BCUT2D eigenvalue weighted by Crippen LogP contribution is 2.40. The van der Waals surface area contributed by atoms with Crippen LogP contribution in [0.5, 0.6) is 11.5 Å². The number of amides is 1. The molecule has 1 fully saturated rings. The Morgan fingerprint density at radius 1 is 1.40 bits per heavy atom. The van der Waals surface area contributed by atoms with Crippen molar-refractivity contribution in [2.24, 2.45) is 0 Å². The van der Waals surface area contributed by atoms with Crippen LogP contribution < -0.4 is 20.1 Å². The number of hydrogen-bond donors (Lipinski definition) is 2. The Hall–Kier alpha value is -2.35. The second-order valence-electron chi connectivity index (χ2n) is 4.62. The van der Waals surface area contributed by atoms with Crippen molar-refractivity contribution < 1.29 is 19.2 Å². The minimum atomic E-state index is -0.556. The predicted octanol–water partition coefficient (Wildman–Crippen LogP) is 1.01.